The highest BCUT2D eigenvalue weighted by Gasteiger charge is 2.09. The Morgan fingerprint density at radius 2 is 2.00 bits per heavy atom. The SMILES string of the molecule is COc1ccc(CC(C)n2nccc2N)cc1. The summed E-state index contributed by atoms with van der Waals surface area (Å²) < 4.78 is 6.97. The minimum absolute atomic E-state index is 0.249. The fraction of sp³-hybridized carbons (Fsp3) is 0.308. The molecule has 0 aliphatic carbocycles. The summed E-state index contributed by atoms with van der Waals surface area (Å²) in [6.45, 7) is 2.10. The lowest BCUT2D eigenvalue weighted by atomic mass is 10.1. The molecule has 0 saturated carbocycles. The molecule has 1 heterocycles. The van der Waals surface area contributed by atoms with Crippen LogP contribution >= 0.6 is 0 Å². The zero-order valence-corrected chi connectivity index (χ0v) is 10.1. The summed E-state index contributed by atoms with van der Waals surface area (Å²) in [7, 11) is 1.67. The maximum Gasteiger partial charge on any atom is 0.121 e. The van der Waals surface area contributed by atoms with E-state index in [9.17, 15) is 0 Å². The number of hydrogen-bond donors (Lipinski definition) is 1. The molecular weight excluding hydrogens is 214 g/mol. The van der Waals surface area contributed by atoms with E-state index in [0.717, 1.165) is 12.2 Å². The molecule has 17 heavy (non-hydrogen) atoms. The number of hydrogen-bond acceptors (Lipinski definition) is 3. The molecule has 0 radical (unpaired) electrons. The highest BCUT2D eigenvalue weighted by atomic mass is 16.5. The number of anilines is 1. The Labute approximate surface area is 101 Å². The van der Waals surface area contributed by atoms with Gasteiger partial charge in [0.15, 0.2) is 0 Å². The summed E-state index contributed by atoms with van der Waals surface area (Å²) >= 11 is 0. The number of nitrogens with two attached hydrogens (primary N) is 1. The second kappa shape index (κ2) is 4.91. The quantitative estimate of drug-likeness (QED) is 0.878. The lowest BCUT2D eigenvalue weighted by Crippen LogP contribution is -2.12. The maximum absolute atomic E-state index is 5.82. The number of benzene rings is 1. The zero-order chi connectivity index (χ0) is 12.3. The number of rotatable bonds is 4. The molecule has 0 aliphatic heterocycles. The van der Waals surface area contributed by atoms with Crippen LogP contribution in [0.1, 0.15) is 18.5 Å². The average Bonchev–Trinajstić information content (AvgIpc) is 2.76. The third-order valence-corrected chi connectivity index (χ3v) is 2.81. The third-order valence-electron chi connectivity index (χ3n) is 2.81. The van der Waals surface area contributed by atoms with Crippen LogP contribution in [0.2, 0.25) is 0 Å². The Morgan fingerprint density at radius 1 is 1.29 bits per heavy atom. The van der Waals surface area contributed by atoms with Crippen molar-refractivity contribution in [3.8, 4) is 5.75 Å². The first-order chi connectivity index (χ1) is 8.20. The normalized spacial score (nSPS) is 12.4. The lowest BCUT2D eigenvalue weighted by molar-refractivity contribution is 0.414. The van der Waals surface area contributed by atoms with Gasteiger partial charge in [0.05, 0.1) is 19.3 Å². The largest absolute Gasteiger partial charge is 0.497 e. The second-order valence-electron chi connectivity index (χ2n) is 4.10. The minimum atomic E-state index is 0.249. The van der Waals surface area contributed by atoms with Crippen molar-refractivity contribution in [2.24, 2.45) is 0 Å². The number of nitrogen functional groups attached to an aromatic ring is 1. The van der Waals surface area contributed by atoms with Gasteiger partial charge in [0.25, 0.3) is 0 Å². The molecule has 2 aromatic rings. The average molecular weight is 231 g/mol. The molecule has 1 aromatic carbocycles. The highest BCUT2D eigenvalue weighted by molar-refractivity contribution is 5.29. The van der Waals surface area contributed by atoms with E-state index in [1.165, 1.54) is 5.56 Å². The van der Waals surface area contributed by atoms with Crippen LogP contribution in [0.25, 0.3) is 0 Å². The van der Waals surface area contributed by atoms with Gasteiger partial charge in [0, 0.05) is 0 Å². The molecule has 0 amide bonds. The number of nitrogens with zero attached hydrogens (tertiary/aromatic N) is 2. The Kier molecular flexibility index (Phi) is 3.32. The molecule has 4 heteroatoms. The first-order valence-electron chi connectivity index (χ1n) is 5.62. The summed E-state index contributed by atoms with van der Waals surface area (Å²) in [5, 5.41) is 4.21. The van der Waals surface area contributed by atoms with Crippen LogP contribution in [-0.2, 0) is 6.42 Å². The van der Waals surface area contributed by atoms with E-state index in [2.05, 4.69) is 24.2 Å². The monoisotopic (exact) mass is 231 g/mol. The zero-order valence-electron chi connectivity index (χ0n) is 10.1. The Hall–Kier alpha value is -1.97. The van der Waals surface area contributed by atoms with Gasteiger partial charge in [-0.15, -0.1) is 0 Å². The van der Waals surface area contributed by atoms with Gasteiger partial charge in [-0.2, -0.15) is 5.10 Å². The summed E-state index contributed by atoms with van der Waals surface area (Å²) in [6, 6.07) is 10.1. The second-order valence-corrected chi connectivity index (χ2v) is 4.10. The number of ether oxygens (including phenoxy) is 1. The number of aromatic nitrogens is 2. The summed E-state index contributed by atoms with van der Waals surface area (Å²) in [6.07, 6.45) is 2.62. The van der Waals surface area contributed by atoms with Crippen molar-refractivity contribution in [3.05, 3.63) is 42.1 Å². The van der Waals surface area contributed by atoms with E-state index in [1.807, 2.05) is 22.9 Å². The van der Waals surface area contributed by atoms with Gasteiger partial charge >= 0.3 is 0 Å². The van der Waals surface area contributed by atoms with Gasteiger partial charge in [-0.05, 0) is 37.1 Å². The summed E-state index contributed by atoms with van der Waals surface area (Å²) in [5.74, 6) is 1.58. The molecule has 1 unspecified atom stereocenters. The van der Waals surface area contributed by atoms with Gasteiger partial charge in [0.2, 0.25) is 0 Å². The molecule has 2 N–H and O–H groups in total. The van der Waals surface area contributed by atoms with Crippen LogP contribution in [0.15, 0.2) is 36.5 Å². The van der Waals surface area contributed by atoms with E-state index < -0.39 is 0 Å². The fourth-order valence-corrected chi connectivity index (χ4v) is 1.88. The van der Waals surface area contributed by atoms with Gasteiger partial charge in [-0.3, -0.25) is 0 Å². The van der Waals surface area contributed by atoms with E-state index >= 15 is 0 Å². The Bertz CT molecular complexity index is 476. The molecule has 1 atom stereocenters. The van der Waals surface area contributed by atoms with Gasteiger partial charge in [-0.1, -0.05) is 12.1 Å². The Balaban J connectivity index is 2.07. The van der Waals surface area contributed by atoms with Crippen molar-refractivity contribution in [3.63, 3.8) is 0 Å². The number of methoxy groups -OCH3 is 1. The molecule has 0 bridgehead atoms. The minimum Gasteiger partial charge on any atom is -0.497 e. The third kappa shape index (κ3) is 2.58. The van der Waals surface area contributed by atoms with Gasteiger partial charge in [0.1, 0.15) is 11.6 Å². The van der Waals surface area contributed by atoms with E-state index in [1.54, 1.807) is 13.3 Å². The smallest absolute Gasteiger partial charge is 0.121 e. The van der Waals surface area contributed by atoms with Crippen LogP contribution in [0.5, 0.6) is 5.75 Å². The molecule has 90 valence electrons. The van der Waals surface area contributed by atoms with Gasteiger partial charge < -0.3 is 10.5 Å². The predicted octanol–water partition coefficient (Wildman–Crippen LogP) is 2.28. The molecule has 0 saturated heterocycles. The van der Waals surface area contributed by atoms with Crippen molar-refractivity contribution >= 4 is 5.82 Å². The first kappa shape index (κ1) is 11.5. The van der Waals surface area contributed by atoms with Crippen molar-refractivity contribution in [2.75, 3.05) is 12.8 Å². The maximum atomic E-state index is 5.82. The predicted molar refractivity (Wildman–Crippen MR) is 68.0 cm³/mol. The van der Waals surface area contributed by atoms with Crippen LogP contribution < -0.4 is 10.5 Å². The molecule has 0 aliphatic rings. The van der Waals surface area contributed by atoms with Gasteiger partial charge in [-0.25, -0.2) is 4.68 Å². The van der Waals surface area contributed by atoms with Crippen molar-refractivity contribution in [2.45, 2.75) is 19.4 Å². The molecule has 1 aromatic heterocycles. The topological polar surface area (TPSA) is 53.1 Å². The summed E-state index contributed by atoms with van der Waals surface area (Å²) in [5.41, 5.74) is 7.06. The molecular formula is C13H17N3O. The fourth-order valence-electron chi connectivity index (χ4n) is 1.88. The van der Waals surface area contributed by atoms with Crippen molar-refractivity contribution in [1.29, 1.82) is 0 Å². The lowest BCUT2D eigenvalue weighted by Gasteiger charge is -2.14. The van der Waals surface area contributed by atoms with Crippen molar-refractivity contribution in [1.82, 2.24) is 9.78 Å². The standard InChI is InChI=1S/C13H17N3O/c1-10(16-13(14)7-8-15-16)9-11-3-5-12(17-2)6-4-11/h3-8,10H,9,14H2,1-2H3. The Morgan fingerprint density at radius 3 is 2.53 bits per heavy atom. The van der Waals surface area contributed by atoms with Crippen LogP contribution in [0.3, 0.4) is 0 Å². The molecule has 2 rings (SSSR count). The van der Waals surface area contributed by atoms with E-state index in [0.29, 0.717) is 5.82 Å². The first-order valence-corrected chi connectivity index (χ1v) is 5.62. The molecule has 0 fully saturated rings. The van der Waals surface area contributed by atoms with Crippen LogP contribution in [0, 0.1) is 0 Å². The summed E-state index contributed by atoms with van der Waals surface area (Å²) in [4.78, 5) is 0. The van der Waals surface area contributed by atoms with E-state index in [-0.39, 0.29) is 6.04 Å². The molecule has 0 spiro atoms. The van der Waals surface area contributed by atoms with Crippen LogP contribution in [0.4, 0.5) is 5.82 Å². The van der Waals surface area contributed by atoms with Crippen LogP contribution in [-0.4, -0.2) is 16.9 Å². The van der Waals surface area contributed by atoms with Crippen molar-refractivity contribution < 1.29 is 4.74 Å². The molecule has 4 nitrogen and oxygen atoms in total. The van der Waals surface area contributed by atoms with E-state index in [4.69, 9.17) is 10.5 Å². The highest BCUT2D eigenvalue weighted by Crippen LogP contribution is 2.18.